The number of nitrogens with one attached hydrogen (secondary N) is 3. The molecule has 0 aromatic heterocycles. The molecule has 1 aliphatic heterocycles. The Balaban J connectivity index is 1.72. The zero-order chi connectivity index (χ0) is 18.2. The van der Waals surface area contributed by atoms with Crippen LogP contribution >= 0.6 is 0 Å². The lowest BCUT2D eigenvalue weighted by molar-refractivity contribution is -0.128. The Kier molecular flexibility index (Phi) is 7.09. The molecule has 1 aromatic carbocycles. The third-order valence-corrected chi connectivity index (χ3v) is 4.35. The van der Waals surface area contributed by atoms with Gasteiger partial charge in [-0.3, -0.25) is 14.4 Å². The van der Waals surface area contributed by atoms with Crippen LogP contribution in [-0.4, -0.2) is 49.3 Å². The number of carbonyl (C=O) groups excluding carboxylic acids is 3. The van der Waals surface area contributed by atoms with Gasteiger partial charge < -0.3 is 21.7 Å². The molecule has 0 aliphatic carbocycles. The molecule has 1 aliphatic rings. The van der Waals surface area contributed by atoms with Crippen molar-refractivity contribution in [2.45, 2.75) is 31.8 Å². The highest BCUT2D eigenvalue weighted by atomic mass is 16.2. The number of carbonyl (C=O) groups is 3. The minimum atomic E-state index is -0.519. The number of rotatable bonds is 8. The van der Waals surface area contributed by atoms with Gasteiger partial charge in [-0.25, -0.2) is 0 Å². The lowest BCUT2D eigenvalue weighted by Crippen LogP contribution is -2.46. The van der Waals surface area contributed by atoms with E-state index in [1.165, 1.54) is 0 Å². The fraction of sp³-hybridized carbons (Fsp3) is 0.500. The summed E-state index contributed by atoms with van der Waals surface area (Å²) >= 11 is 0. The molecular weight excluding hydrogens is 320 g/mol. The number of ketones is 1. The molecule has 3 unspecified atom stereocenters. The Morgan fingerprint density at radius 2 is 2.00 bits per heavy atom. The van der Waals surface area contributed by atoms with Crippen LogP contribution in [0.25, 0.3) is 0 Å². The standard InChI is InChI=1S/C18H26N4O3/c1-12-18(25)15(10-20-12)22-17(24)11-21-16(23)8-14(9-19)7-13-5-3-2-4-6-13/h2-6,12,14-15,20H,7-11,19H2,1H3,(H,21,23)(H,22,24). The fourth-order valence-electron chi connectivity index (χ4n) is 2.86. The molecule has 0 radical (unpaired) electrons. The van der Waals surface area contributed by atoms with Crippen molar-refractivity contribution in [3.8, 4) is 0 Å². The van der Waals surface area contributed by atoms with Crippen LogP contribution in [0.15, 0.2) is 30.3 Å². The molecular formula is C18H26N4O3. The van der Waals surface area contributed by atoms with Crippen LogP contribution < -0.4 is 21.7 Å². The van der Waals surface area contributed by atoms with Crippen molar-refractivity contribution in [3.63, 3.8) is 0 Å². The largest absolute Gasteiger partial charge is 0.347 e. The summed E-state index contributed by atoms with van der Waals surface area (Å²) in [5.74, 6) is -0.599. The zero-order valence-electron chi connectivity index (χ0n) is 14.5. The molecule has 1 saturated heterocycles. The van der Waals surface area contributed by atoms with E-state index in [1.54, 1.807) is 6.92 Å². The minimum Gasteiger partial charge on any atom is -0.347 e. The Morgan fingerprint density at radius 1 is 1.28 bits per heavy atom. The molecule has 7 heteroatoms. The van der Waals surface area contributed by atoms with Crippen LogP contribution in [0.2, 0.25) is 0 Å². The summed E-state index contributed by atoms with van der Waals surface area (Å²) in [4.78, 5) is 35.7. The lowest BCUT2D eigenvalue weighted by Gasteiger charge is -2.15. The second-order valence-electron chi connectivity index (χ2n) is 6.42. The van der Waals surface area contributed by atoms with Gasteiger partial charge in [0.1, 0.15) is 6.04 Å². The van der Waals surface area contributed by atoms with Gasteiger partial charge in [0.2, 0.25) is 11.8 Å². The number of benzene rings is 1. The molecule has 1 aromatic rings. The predicted molar refractivity (Wildman–Crippen MR) is 94.7 cm³/mol. The van der Waals surface area contributed by atoms with E-state index in [2.05, 4.69) is 16.0 Å². The number of nitrogens with two attached hydrogens (primary N) is 1. The van der Waals surface area contributed by atoms with E-state index in [9.17, 15) is 14.4 Å². The summed E-state index contributed by atoms with van der Waals surface area (Å²) < 4.78 is 0. The van der Waals surface area contributed by atoms with E-state index in [1.807, 2.05) is 30.3 Å². The van der Waals surface area contributed by atoms with Gasteiger partial charge in [0.05, 0.1) is 12.6 Å². The first-order valence-corrected chi connectivity index (χ1v) is 8.56. The maximum atomic E-state index is 12.0. The van der Waals surface area contributed by atoms with E-state index in [0.29, 0.717) is 13.1 Å². The number of hydrogen-bond acceptors (Lipinski definition) is 5. The molecule has 1 heterocycles. The Morgan fingerprint density at radius 3 is 2.60 bits per heavy atom. The maximum Gasteiger partial charge on any atom is 0.240 e. The molecule has 1 fully saturated rings. The highest BCUT2D eigenvalue weighted by Gasteiger charge is 2.31. The smallest absolute Gasteiger partial charge is 0.240 e. The van der Waals surface area contributed by atoms with Gasteiger partial charge in [-0.1, -0.05) is 30.3 Å². The summed E-state index contributed by atoms with van der Waals surface area (Å²) in [6.45, 7) is 2.44. The van der Waals surface area contributed by atoms with Crippen molar-refractivity contribution in [3.05, 3.63) is 35.9 Å². The van der Waals surface area contributed by atoms with Gasteiger partial charge in [-0.2, -0.15) is 0 Å². The van der Waals surface area contributed by atoms with Crippen molar-refractivity contribution >= 4 is 17.6 Å². The molecule has 136 valence electrons. The third-order valence-electron chi connectivity index (χ3n) is 4.35. The van der Waals surface area contributed by atoms with Gasteiger partial charge in [0, 0.05) is 13.0 Å². The zero-order valence-corrected chi connectivity index (χ0v) is 14.5. The average Bonchev–Trinajstić information content (AvgIpc) is 2.92. The van der Waals surface area contributed by atoms with Crippen LogP contribution in [0.4, 0.5) is 0 Å². The number of amides is 2. The van der Waals surface area contributed by atoms with Gasteiger partial charge in [-0.05, 0) is 31.4 Å². The monoisotopic (exact) mass is 346 g/mol. The summed E-state index contributed by atoms with van der Waals surface area (Å²) in [5.41, 5.74) is 6.89. The second kappa shape index (κ2) is 9.29. The highest BCUT2D eigenvalue weighted by Crippen LogP contribution is 2.11. The van der Waals surface area contributed by atoms with Crippen molar-refractivity contribution in [2.24, 2.45) is 11.7 Å². The Hall–Kier alpha value is -2.25. The maximum absolute atomic E-state index is 12.0. The SMILES string of the molecule is CC1NCC(NC(=O)CNC(=O)CC(CN)Cc2ccccc2)C1=O. The third kappa shape index (κ3) is 5.95. The molecule has 5 N–H and O–H groups in total. The fourth-order valence-corrected chi connectivity index (χ4v) is 2.86. The van der Waals surface area contributed by atoms with E-state index in [0.717, 1.165) is 12.0 Å². The highest BCUT2D eigenvalue weighted by molar-refractivity contribution is 5.95. The van der Waals surface area contributed by atoms with Crippen LogP contribution in [0, 0.1) is 5.92 Å². The average molecular weight is 346 g/mol. The van der Waals surface area contributed by atoms with Gasteiger partial charge in [-0.15, -0.1) is 0 Å². The topological polar surface area (TPSA) is 113 Å². The molecule has 2 amide bonds. The molecule has 0 saturated carbocycles. The van der Waals surface area contributed by atoms with Crippen LogP contribution in [0.1, 0.15) is 18.9 Å². The van der Waals surface area contributed by atoms with Gasteiger partial charge in [0.15, 0.2) is 5.78 Å². The van der Waals surface area contributed by atoms with Crippen molar-refractivity contribution < 1.29 is 14.4 Å². The second-order valence-corrected chi connectivity index (χ2v) is 6.42. The first-order valence-electron chi connectivity index (χ1n) is 8.56. The molecule has 2 rings (SSSR count). The summed E-state index contributed by atoms with van der Waals surface area (Å²) in [5, 5.41) is 8.21. The number of Topliss-reactive ketones (excluding diaryl/α,β-unsaturated/α-hetero) is 1. The lowest BCUT2D eigenvalue weighted by atomic mass is 9.96. The van der Waals surface area contributed by atoms with Gasteiger partial charge >= 0.3 is 0 Å². The van der Waals surface area contributed by atoms with E-state index in [-0.39, 0.29) is 42.5 Å². The molecule has 0 bridgehead atoms. The van der Waals surface area contributed by atoms with Gasteiger partial charge in [0.25, 0.3) is 0 Å². The normalized spacial score (nSPS) is 21.0. The summed E-state index contributed by atoms with van der Waals surface area (Å²) in [6.07, 6.45) is 0.983. The van der Waals surface area contributed by atoms with Crippen molar-refractivity contribution in [1.29, 1.82) is 0 Å². The summed E-state index contributed by atoms with van der Waals surface area (Å²) in [7, 11) is 0. The minimum absolute atomic E-state index is 0.0203. The van der Waals surface area contributed by atoms with E-state index >= 15 is 0 Å². The summed E-state index contributed by atoms with van der Waals surface area (Å²) in [6, 6.07) is 9.08. The quantitative estimate of drug-likeness (QED) is 0.500. The molecule has 0 spiro atoms. The molecule has 7 nitrogen and oxygen atoms in total. The van der Waals surface area contributed by atoms with E-state index < -0.39 is 6.04 Å². The Labute approximate surface area is 147 Å². The van der Waals surface area contributed by atoms with Crippen LogP contribution in [0.5, 0.6) is 0 Å². The molecule has 25 heavy (non-hydrogen) atoms. The van der Waals surface area contributed by atoms with E-state index in [4.69, 9.17) is 5.73 Å². The predicted octanol–water partition coefficient (Wildman–Crippen LogP) is -0.644. The number of hydrogen-bond donors (Lipinski definition) is 4. The van der Waals surface area contributed by atoms with Crippen molar-refractivity contribution in [1.82, 2.24) is 16.0 Å². The van der Waals surface area contributed by atoms with Crippen LogP contribution in [-0.2, 0) is 20.8 Å². The first kappa shape index (κ1) is 19.1. The Bertz CT molecular complexity index is 606. The molecule has 3 atom stereocenters. The van der Waals surface area contributed by atoms with Crippen LogP contribution in [0.3, 0.4) is 0 Å². The first-order chi connectivity index (χ1) is 12.0. The van der Waals surface area contributed by atoms with Crippen molar-refractivity contribution in [2.75, 3.05) is 19.6 Å².